The highest BCUT2D eigenvalue weighted by Crippen LogP contribution is 2.16. The Kier molecular flexibility index (Phi) is 5.61. The van der Waals surface area contributed by atoms with Gasteiger partial charge in [0.05, 0.1) is 11.9 Å². The summed E-state index contributed by atoms with van der Waals surface area (Å²) >= 11 is 3.35. The van der Waals surface area contributed by atoms with Crippen LogP contribution in [-0.2, 0) is 10.0 Å². The zero-order chi connectivity index (χ0) is 12.9. The van der Waals surface area contributed by atoms with E-state index in [1.807, 2.05) is 0 Å². The topological polar surface area (TPSA) is 66.1 Å². The van der Waals surface area contributed by atoms with Gasteiger partial charge in [-0.25, -0.2) is 12.7 Å². The van der Waals surface area contributed by atoms with Crippen molar-refractivity contribution in [3.63, 3.8) is 0 Å². The number of alkyl halides is 1. The minimum atomic E-state index is -3.39. The molecule has 0 radical (unpaired) electrons. The third-order valence-corrected chi connectivity index (χ3v) is 5.11. The lowest BCUT2D eigenvalue weighted by molar-refractivity contribution is 0.454. The number of nitrogens with one attached hydrogen (secondary N) is 1. The highest BCUT2D eigenvalue weighted by Gasteiger charge is 2.23. The van der Waals surface area contributed by atoms with Crippen molar-refractivity contribution in [1.29, 1.82) is 0 Å². The number of unbranched alkanes of at least 4 members (excludes halogenated alkanes) is 2. The summed E-state index contributed by atoms with van der Waals surface area (Å²) in [6.07, 6.45) is 4.33. The molecule has 1 N–H and O–H groups in total. The Balaban J connectivity index is 2.62. The molecule has 0 aliphatic heterocycles. The molecule has 0 saturated heterocycles. The third kappa shape index (κ3) is 3.79. The Morgan fingerprint density at radius 2 is 2.12 bits per heavy atom. The number of halogens is 1. The number of rotatable bonds is 7. The minimum absolute atomic E-state index is 0.264. The summed E-state index contributed by atoms with van der Waals surface area (Å²) in [5.74, 6) is 0. The van der Waals surface area contributed by atoms with Gasteiger partial charge in [0.2, 0.25) is 10.0 Å². The van der Waals surface area contributed by atoms with Crippen molar-refractivity contribution in [2.75, 3.05) is 18.9 Å². The van der Waals surface area contributed by atoms with E-state index in [0.717, 1.165) is 24.6 Å². The fraction of sp³-hybridized carbons (Fsp3) is 0.700. The van der Waals surface area contributed by atoms with E-state index in [-0.39, 0.29) is 4.90 Å². The van der Waals surface area contributed by atoms with Crippen LogP contribution < -0.4 is 0 Å². The van der Waals surface area contributed by atoms with Crippen molar-refractivity contribution in [3.8, 4) is 0 Å². The van der Waals surface area contributed by atoms with Crippen molar-refractivity contribution >= 4 is 26.0 Å². The molecule has 7 heteroatoms. The molecule has 0 unspecified atom stereocenters. The fourth-order valence-electron chi connectivity index (χ4n) is 1.49. The standard InChI is InChI=1S/C10H18BrN3O2S/c1-9-10(8-12-13-9)17(15,16)14(2)7-5-3-4-6-11/h8H,3-7H2,1-2H3,(H,12,13). The first-order chi connectivity index (χ1) is 8.00. The lowest BCUT2D eigenvalue weighted by atomic mass is 10.2. The van der Waals surface area contributed by atoms with E-state index in [1.165, 1.54) is 10.5 Å². The zero-order valence-electron chi connectivity index (χ0n) is 10.1. The molecule has 1 heterocycles. The number of hydrogen-bond donors (Lipinski definition) is 1. The second kappa shape index (κ2) is 6.51. The first kappa shape index (κ1) is 14.7. The van der Waals surface area contributed by atoms with E-state index < -0.39 is 10.0 Å². The van der Waals surface area contributed by atoms with E-state index in [4.69, 9.17) is 0 Å². The molecule has 5 nitrogen and oxygen atoms in total. The molecule has 0 saturated carbocycles. The average molecular weight is 324 g/mol. The summed E-state index contributed by atoms with van der Waals surface area (Å²) in [7, 11) is -1.78. The van der Waals surface area contributed by atoms with Gasteiger partial charge < -0.3 is 0 Å². The normalized spacial score (nSPS) is 12.2. The van der Waals surface area contributed by atoms with E-state index >= 15 is 0 Å². The number of H-pyrrole nitrogens is 1. The molecule has 1 rings (SSSR count). The molecule has 0 spiro atoms. The van der Waals surface area contributed by atoms with Crippen LogP contribution in [0.1, 0.15) is 25.0 Å². The zero-order valence-corrected chi connectivity index (χ0v) is 12.5. The second-order valence-electron chi connectivity index (χ2n) is 3.94. The number of nitrogens with zero attached hydrogens (tertiary/aromatic N) is 2. The average Bonchev–Trinajstić information content (AvgIpc) is 2.71. The molecule has 1 aromatic rings. The van der Waals surface area contributed by atoms with Crippen molar-refractivity contribution in [3.05, 3.63) is 11.9 Å². The van der Waals surface area contributed by atoms with E-state index in [9.17, 15) is 8.42 Å². The largest absolute Gasteiger partial charge is 0.281 e. The second-order valence-corrected chi connectivity index (χ2v) is 6.74. The summed E-state index contributed by atoms with van der Waals surface area (Å²) in [6, 6.07) is 0. The Morgan fingerprint density at radius 1 is 1.41 bits per heavy atom. The predicted molar refractivity (Wildman–Crippen MR) is 70.8 cm³/mol. The Labute approximate surface area is 111 Å². The molecule has 1 aromatic heterocycles. The van der Waals surface area contributed by atoms with E-state index in [2.05, 4.69) is 26.1 Å². The van der Waals surface area contributed by atoms with Crippen molar-refractivity contribution in [2.24, 2.45) is 0 Å². The Bertz CT molecular complexity index is 444. The van der Waals surface area contributed by atoms with Gasteiger partial charge in [0, 0.05) is 18.9 Å². The highest BCUT2D eigenvalue weighted by molar-refractivity contribution is 9.09. The molecular formula is C10H18BrN3O2S. The lowest BCUT2D eigenvalue weighted by Crippen LogP contribution is -2.28. The maximum atomic E-state index is 12.1. The number of sulfonamides is 1. The molecule has 0 bridgehead atoms. The van der Waals surface area contributed by atoms with Crippen LogP contribution in [0.5, 0.6) is 0 Å². The van der Waals surface area contributed by atoms with Gasteiger partial charge in [-0.1, -0.05) is 22.4 Å². The van der Waals surface area contributed by atoms with Crippen LogP contribution in [0.25, 0.3) is 0 Å². The molecule has 98 valence electrons. The van der Waals surface area contributed by atoms with Crippen LogP contribution in [0.3, 0.4) is 0 Å². The van der Waals surface area contributed by atoms with Crippen LogP contribution in [0, 0.1) is 6.92 Å². The number of hydrogen-bond acceptors (Lipinski definition) is 3. The molecule has 0 aliphatic carbocycles. The summed E-state index contributed by atoms with van der Waals surface area (Å²) in [5, 5.41) is 7.35. The van der Waals surface area contributed by atoms with Gasteiger partial charge in [0.15, 0.2) is 0 Å². The smallest absolute Gasteiger partial charge is 0.246 e. The van der Waals surface area contributed by atoms with E-state index in [0.29, 0.717) is 12.2 Å². The molecule has 0 fully saturated rings. The van der Waals surface area contributed by atoms with Gasteiger partial charge in [-0.2, -0.15) is 5.10 Å². The van der Waals surface area contributed by atoms with Crippen LogP contribution in [0.15, 0.2) is 11.1 Å². The molecule has 0 amide bonds. The molecule has 0 atom stereocenters. The summed E-state index contributed by atoms with van der Waals surface area (Å²) in [4.78, 5) is 0.264. The summed E-state index contributed by atoms with van der Waals surface area (Å²) < 4.78 is 25.7. The highest BCUT2D eigenvalue weighted by atomic mass is 79.9. The van der Waals surface area contributed by atoms with Crippen LogP contribution >= 0.6 is 15.9 Å². The van der Waals surface area contributed by atoms with Gasteiger partial charge in [-0.15, -0.1) is 0 Å². The maximum absolute atomic E-state index is 12.1. The SMILES string of the molecule is Cc1[nH]ncc1S(=O)(=O)N(C)CCCCCBr. The lowest BCUT2D eigenvalue weighted by Gasteiger charge is -2.16. The minimum Gasteiger partial charge on any atom is -0.281 e. The van der Waals surface area contributed by atoms with Crippen LogP contribution in [0.4, 0.5) is 0 Å². The van der Waals surface area contributed by atoms with Gasteiger partial charge in [0.1, 0.15) is 4.90 Å². The van der Waals surface area contributed by atoms with E-state index in [1.54, 1.807) is 14.0 Å². The number of aromatic amines is 1. The predicted octanol–water partition coefficient (Wildman–Crippen LogP) is 1.90. The maximum Gasteiger partial charge on any atom is 0.246 e. The quantitative estimate of drug-likeness (QED) is 0.615. The van der Waals surface area contributed by atoms with Gasteiger partial charge in [-0.05, 0) is 19.8 Å². The van der Waals surface area contributed by atoms with Gasteiger partial charge in [-0.3, -0.25) is 5.10 Å². The first-order valence-corrected chi connectivity index (χ1v) is 8.08. The fourth-order valence-corrected chi connectivity index (χ4v) is 3.21. The van der Waals surface area contributed by atoms with Gasteiger partial charge >= 0.3 is 0 Å². The molecular weight excluding hydrogens is 306 g/mol. The number of aryl methyl sites for hydroxylation is 1. The first-order valence-electron chi connectivity index (χ1n) is 5.52. The third-order valence-electron chi connectivity index (χ3n) is 2.58. The molecule has 0 aromatic carbocycles. The molecule has 0 aliphatic rings. The molecule has 17 heavy (non-hydrogen) atoms. The van der Waals surface area contributed by atoms with Crippen LogP contribution in [0.2, 0.25) is 0 Å². The summed E-state index contributed by atoms with van der Waals surface area (Å²) in [6.45, 7) is 2.25. The Morgan fingerprint density at radius 3 is 2.65 bits per heavy atom. The van der Waals surface area contributed by atoms with Crippen molar-refractivity contribution in [2.45, 2.75) is 31.1 Å². The van der Waals surface area contributed by atoms with Gasteiger partial charge in [0.25, 0.3) is 0 Å². The monoisotopic (exact) mass is 323 g/mol. The number of aromatic nitrogens is 2. The summed E-state index contributed by atoms with van der Waals surface area (Å²) in [5.41, 5.74) is 0.581. The Hall–Kier alpha value is -0.400. The van der Waals surface area contributed by atoms with Crippen molar-refractivity contribution in [1.82, 2.24) is 14.5 Å². The van der Waals surface area contributed by atoms with Crippen molar-refractivity contribution < 1.29 is 8.42 Å². The van der Waals surface area contributed by atoms with Crippen LogP contribution in [-0.4, -0.2) is 41.8 Å².